The van der Waals surface area contributed by atoms with E-state index < -0.39 is 5.69 Å². The molecule has 0 saturated heterocycles. The van der Waals surface area contributed by atoms with Crippen LogP contribution < -0.4 is 16.6 Å². The van der Waals surface area contributed by atoms with Gasteiger partial charge in [-0.25, -0.2) is 9.36 Å². The van der Waals surface area contributed by atoms with E-state index in [1.165, 1.54) is 5.56 Å². The van der Waals surface area contributed by atoms with Crippen LogP contribution in [0.4, 0.5) is 5.82 Å². The van der Waals surface area contributed by atoms with Gasteiger partial charge in [0.25, 0.3) is 5.56 Å². The molecule has 0 bridgehead atoms. The molecule has 6 nitrogen and oxygen atoms in total. The van der Waals surface area contributed by atoms with Crippen LogP contribution in [0.15, 0.2) is 64.2 Å². The monoisotopic (exact) mass is 362 g/mol. The molecule has 1 aliphatic rings. The molecule has 0 amide bonds. The Hall–Kier alpha value is -3.12. The molecule has 0 fully saturated rings. The highest BCUT2D eigenvalue weighted by Crippen LogP contribution is 2.28. The maximum atomic E-state index is 12.6. The fraction of sp³-hybridized carbons (Fsp3) is 0.238. The van der Waals surface area contributed by atoms with E-state index in [2.05, 4.69) is 34.3 Å². The maximum Gasteiger partial charge on any atom is 0.334 e. The van der Waals surface area contributed by atoms with E-state index in [0.717, 1.165) is 11.3 Å². The van der Waals surface area contributed by atoms with Crippen LogP contribution in [0.1, 0.15) is 29.7 Å². The van der Waals surface area contributed by atoms with Gasteiger partial charge in [0.1, 0.15) is 5.82 Å². The van der Waals surface area contributed by atoms with Crippen molar-refractivity contribution >= 4 is 5.82 Å². The maximum absolute atomic E-state index is 12.6. The number of nitrogens with zero attached hydrogens (tertiary/aromatic N) is 2. The predicted octanol–water partition coefficient (Wildman–Crippen LogP) is 2.78. The molecule has 1 aliphatic heterocycles. The second kappa shape index (κ2) is 6.89. The second-order valence-corrected chi connectivity index (χ2v) is 6.88. The number of hydrogen-bond donors (Lipinski definition) is 2. The molecule has 27 heavy (non-hydrogen) atoms. The first-order valence-electron chi connectivity index (χ1n) is 9.03. The second-order valence-electron chi connectivity index (χ2n) is 6.88. The standard InChI is InChI=1S/C21H22N4O2/c1-14-8-6-7-11-18(14)25-19-17(20(26)23-21(25)27)12-24(13-22-19)15(2)16-9-4-3-5-10-16/h3-11,15,22H,12-13H2,1-2H3,(H,23,26,27)/t15-/m1/s1. The van der Waals surface area contributed by atoms with Gasteiger partial charge in [-0.2, -0.15) is 0 Å². The van der Waals surface area contributed by atoms with Crippen molar-refractivity contribution in [2.75, 3.05) is 12.0 Å². The quantitative estimate of drug-likeness (QED) is 0.752. The third-order valence-electron chi connectivity index (χ3n) is 5.20. The van der Waals surface area contributed by atoms with Crippen LogP contribution in [0.5, 0.6) is 0 Å². The fourth-order valence-corrected chi connectivity index (χ4v) is 3.60. The highest BCUT2D eigenvalue weighted by molar-refractivity contribution is 5.54. The molecular formula is C21H22N4O2. The van der Waals surface area contributed by atoms with Crippen LogP contribution in [0.2, 0.25) is 0 Å². The van der Waals surface area contributed by atoms with E-state index in [1.807, 2.05) is 49.4 Å². The van der Waals surface area contributed by atoms with Gasteiger partial charge >= 0.3 is 5.69 Å². The summed E-state index contributed by atoms with van der Waals surface area (Å²) in [7, 11) is 0. The molecule has 0 unspecified atom stereocenters. The molecule has 138 valence electrons. The molecule has 2 N–H and O–H groups in total. The van der Waals surface area contributed by atoms with Gasteiger partial charge in [-0.05, 0) is 31.0 Å². The van der Waals surface area contributed by atoms with Crippen molar-refractivity contribution in [1.82, 2.24) is 14.5 Å². The van der Waals surface area contributed by atoms with E-state index >= 15 is 0 Å². The van der Waals surface area contributed by atoms with Gasteiger partial charge in [0.05, 0.1) is 17.9 Å². The molecule has 0 radical (unpaired) electrons. The Morgan fingerprint density at radius 1 is 1.00 bits per heavy atom. The average Bonchev–Trinajstić information content (AvgIpc) is 2.69. The van der Waals surface area contributed by atoms with Crippen molar-refractivity contribution in [3.05, 3.63) is 92.1 Å². The molecule has 0 spiro atoms. The number of para-hydroxylation sites is 1. The Labute approximate surface area is 157 Å². The summed E-state index contributed by atoms with van der Waals surface area (Å²) in [6.07, 6.45) is 0. The van der Waals surface area contributed by atoms with Crippen molar-refractivity contribution in [2.24, 2.45) is 0 Å². The van der Waals surface area contributed by atoms with Crippen LogP contribution in [-0.4, -0.2) is 21.1 Å². The molecule has 2 aromatic carbocycles. The van der Waals surface area contributed by atoms with Crippen LogP contribution >= 0.6 is 0 Å². The van der Waals surface area contributed by atoms with E-state index in [1.54, 1.807) is 4.57 Å². The van der Waals surface area contributed by atoms with Gasteiger partial charge < -0.3 is 5.32 Å². The van der Waals surface area contributed by atoms with Crippen LogP contribution in [0.3, 0.4) is 0 Å². The normalized spacial score (nSPS) is 15.0. The largest absolute Gasteiger partial charge is 0.358 e. The molecule has 1 atom stereocenters. The fourth-order valence-electron chi connectivity index (χ4n) is 3.60. The van der Waals surface area contributed by atoms with E-state index in [-0.39, 0.29) is 11.6 Å². The van der Waals surface area contributed by atoms with Crippen LogP contribution in [0, 0.1) is 6.92 Å². The first-order valence-corrected chi connectivity index (χ1v) is 9.03. The Bertz CT molecular complexity index is 1090. The van der Waals surface area contributed by atoms with E-state index in [0.29, 0.717) is 24.6 Å². The number of hydrogen-bond acceptors (Lipinski definition) is 4. The van der Waals surface area contributed by atoms with Gasteiger partial charge in [0.2, 0.25) is 0 Å². The van der Waals surface area contributed by atoms with E-state index in [9.17, 15) is 9.59 Å². The zero-order valence-electron chi connectivity index (χ0n) is 15.4. The number of benzene rings is 2. The summed E-state index contributed by atoms with van der Waals surface area (Å²) in [6, 6.07) is 18.0. The van der Waals surface area contributed by atoms with Crippen molar-refractivity contribution in [3.63, 3.8) is 0 Å². The van der Waals surface area contributed by atoms with Crippen LogP contribution in [-0.2, 0) is 6.54 Å². The number of aryl methyl sites for hydroxylation is 1. The first kappa shape index (κ1) is 17.3. The van der Waals surface area contributed by atoms with Gasteiger partial charge in [0, 0.05) is 12.6 Å². The first-order chi connectivity index (χ1) is 13.1. The van der Waals surface area contributed by atoms with Crippen molar-refractivity contribution in [1.29, 1.82) is 0 Å². The smallest absolute Gasteiger partial charge is 0.334 e. The lowest BCUT2D eigenvalue weighted by Gasteiger charge is -2.35. The Balaban J connectivity index is 1.77. The SMILES string of the molecule is Cc1ccccc1-n1c2c(c(=O)[nH]c1=O)CN([C@H](C)c1ccccc1)CN2. The number of aromatic amines is 1. The number of H-pyrrole nitrogens is 1. The molecule has 6 heteroatoms. The summed E-state index contributed by atoms with van der Waals surface area (Å²) in [5, 5.41) is 3.31. The molecule has 0 saturated carbocycles. The third kappa shape index (κ3) is 3.08. The molecular weight excluding hydrogens is 340 g/mol. The molecule has 1 aromatic heterocycles. The average molecular weight is 362 g/mol. The van der Waals surface area contributed by atoms with Gasteiger partial charge in [0.15, 0.2) is 0 Å². The summed E-state index contributed by atoms with van der Waals surface area (Å²) >= 11 is 0. The molecule has 3 aromatic rings. The molecule has 4 rings (SSSR count). The zero-order chi connectivity index (χ0) is 19.0. The highest BCUT2D eigenvalue weighted by atomic mass is 16.2. The van der Waals surface area contributed by atoms with Crippen molar-refractivity contribution < 1.29 is 0 Å². The number of aromatic nitrogens is 2. The Morgan fingerprint density at radius 2 is 1.70 bits per heavy atom. The Kier molecular flexibility index (Phi) is 4.41. The lowest BCUT2D eigenvalue weighted by atomic mass is 10.1. The summed E-state index contributed by atoms with van der Waals surface area (Å²) in [4.78, 5) is 29.7. The van der Waals surface area contributed by atoms with Gasteiger partial charge in [-0.15, -0.1) is 0 Å². The summed E-state index contributed by atoms with van der Waals surface area (Å²) in [5.41, 5.74) is 2.74. The summed E-state index contributed by atoms with van der Waals surface area (Å²) < 4.78 is 1.57. The molecule has 2 heterocycles. The summed E-state index contributed by atoms with van der Waals surface area (Å²) in [6.45, 7) is 5.09. The number of rotatable bonds is 3. The minimum absolute atomic E-state index is 0.144. The predicted molar refractivity (Wildman–Crippen MR) is 106 cm³/mol. The van der Waals surface area contributed by atoms with Gasteiger partial charge in [-0.1, -0.05) is 48.5 Å². The van der Waals surface area contributed by atoms with E-state index in [4.69, 9.17) is 0 Å². The number of nitrogens with one attached hydrogen (secondary N) is 2. The number of fused-ring (bicyclic) bond motifs is 1. The lowest BCUT2D eigenvalue weighted by molar-refractivity contribution is 0.207. The third-order valence-corrected chi connectivity index (χ3v) is 5.20. The number of anilines is 1. The Morgan fingerprint density at radius 3 is 2.44 bits per heavy atom. The van der Waals surface area contributed by atoms with Crippen molar-refractivity contribution in [3.8, 4) is 5.69 Å². The zero-order valence-corrected chi connectivity index (χ0v) is 15.4. The summed E-state index contributed by atoms with van der Waals surface area (Å²) in [5.74, 6) is 0.578. The minimum atomic E-state index is -0.426. The lowest BCUT2D eigenvalue weighted by Crippen LogP contribution is -2.43. The van der Waals surface area contributed by atoms with Crippen LogP contribution in [0.25, 0.3) is 5.69 Å². The van der Waals surface area contributed by atoms with Gasteiger partial charge in [-0.3, -0.25) is 14.7 Å². The molecule has 0 aliphatic carbocycles. The van der Waals surface area contributed by atoms with Crippen molar-refractivity contribution in [2.45, 2.75) is 26.4 Å². The topological polar surface area (TPSA) is 70.1 Å². The minimum Gasteiger partial charge on any atom is -0.358 e. The highest BCUT2D eigenvalue weighted by Gasteiger charge is 2.26.